The van der Waals surface area contributed by atoms with Crippen LogP contribution in [0.1, 0.15) is 29.4 Å². The monoisotopic (exact) mass is 425 g/mol. The maximum absolute atomic E-state index is 13.4. The highest BCUT2D eigenvalue weighted by atomic mass is 32.1. The quantitative estimate of drug-likeness (QED) is 0.591. The molecule has 0 spiro atoms. The third-order valence-electron chi connectivity index (χ3n) is 5.38. The standard InChI is InChI=1S/C22H27N5O2S/c1-2-3-8-23-18(28)16-25-12-14-27(15-13-25)22(29)20-19(26-10-4-5-11-26)17-7-6-9-24-21(17)30-20/h4-7,9-11H,2-3,8,12-16H2,1H3,(H,23,28). The number of hydrogen-bond acceptors (Lipinski definition) is 5. The molecule has 1 aliphatic rings. The molecular weight excluding hydrogens is 398 g/mol. The number of nitrogens with zero attached hydrogens (tertiary/aromatic N) is 4. The molecule has 1 aliphatic heterocycles. The molecule has 30 heavy (non-hydrogen) atoms. The molecule has 1 N–H and O–H groups in total. The molecule has 4 rings (SSSR count). The minimum Gasteiger partial charge on any atom is -0.355 e. The highest BCUT2D eigenvalue weighted by Crippen LogP contribution is 2.34. The first-order valence-electron chi connectivity index (χ1n) is 10.5. The van der Waals surface area contributed by atoms with Gasteiger partial charge in [0.1, 0.15) is 9.71 Å². The van der Waals surface area contributed by atoms with Crippen LogP contribution < -0.4 is 5.32 Å². The first-order valence-corrected chi connectivity index (χ1v) is 11.3. The number of aromatic nitrogens is 2. The van der Waals surface area contributed by atoms with Crippen LogP contribution in [0.15, 0.2) is 42.9 Å². The zero-order valence-electron chi connectivity index (χ0n) is 17.2. The van der Waals surface area contributed by atoms with Crippen molar-refractivity contribution in [1.82, 2.24) is 24.7 Å². The Balaban J connectivity index is 1.44. The van der Waals surface area contributed by atoms with Crippen molar-refractivity contribution >= 4 is 33.4 Å². The van der Waals surface area contributed by atoms with E-state index in [2.05, 4.69) is 22.1 Å². The summed E-state index contributed by atoms with van der Waals surface area (Å²) >= 11 is 1.45. The van der Waals surface area contributed by atoms with Gasteiger partial charge in [-0.3, -0.25) is 14.5 Å². The molecule has 1 fully saturated rings. The summed E-state index contributed by atoms with van der Waals surface area (Å²) in [4.78, 5) is 35.5. The number of hydrogen-bond donors (Lipinski definition) is 1. The molecular formula is C22H27N5O2S. The van der Waals surface area contributed by atoms with Gasteiger partial charge >= 0.3 is 0 Å². The van der Waals surface area contributed by atoms with Gasteiger partial charge in [-0.2, -0.15) is 0 Å². The summed E-state index contributed by atoms with van der Waals surface area (Å²) in [6, 6.07) is 7.83. The zero-order chi connectivity index (χ0) is 20.9. The summed E-state index contributed by atoms with van der Waals surface area (Å²) in [5.74, 6) is 0.0995. The van der Waals surface area contributed by atoms with E-state index in [4.69, 9.17) is 0 Å². The molecule has 7 nitrogen and oxygen atoms in total. The van der Waals surface area contributed by atoms with Gasteiger partial charge < -0.3 is 14.8 Å². The summed E-state index contributed by atoms with van der Waals surface area (Å²) in [6.07, 6.45) is 7.75. The van der Waals surface area contributed by atoms with Crippen molar-refractivity contribution in [2.24, 2.45) is 0 Å². The largest absolute Gasteiger partial charge is 0.355 e. The van der Waals surface area contributed by atoms with E-state index in [-0.39, 0.29) is 11.8 Å². The first kappa shape index (κ1) is 20.6. The smallest absolute Gasteiger partial charge is 0.266 e. The van der Waals surface area contributed by atoms with E-state index in [9.17, 15) is 9.59 Å². The van der Waals surface area contributed by atoms with Crippen molar-refractivity contribution in [3.05, 3.63) is 47.7 Å². The Kier molecular flexibility index (Phi) is 6.44. The highest BCUT2D eigenvalue weighted by Gasteiger charge is 2.28. The van der Waals surface area contributed by atoms with Crippen LogP contribution in [0.25, 0.3) is 15.9 Å². The van der Waals surface area contributed by atoms with Gasteiger partial charge in [0.05, 0.1) is 12.2 Å². The van der Waals surface area contributed by atoms with Crippen LogP contribution in [0.2, 0.25) is 0 Å². The minimum atomic E-state index is 0.0359. The Bertz CT molecular complexity index is 1010. The fraction of sp³-hybridized carbons (Fsp3) is 0.409. The van der Waals surface area contributed by atoms with Crippen LogP contribution in [0, 0.1) is 0 Å². The summed E-state index contributed by atoms with van der Waals surface area (Å²) in [5.41, 5.74) is 0.899. The maximum atomic E-state index is 13.4. The molecule has 0 bridgehead atoms. The third-order valence-corrected chi connectivity index (χ3v) is 6.47. The van der Waals surface area contributed by atoms with Crippen molar-refractivity contribution in [3.8, 4) is 5.69 Å². The number of nitrogens with one attached hydrogen (secondary N) is 1. The van der Waals surface area contributed by atoms with E-state index < -0.39 is 0 Å². The van der Waals surface area contributed by atoms with Crippen LogP contribution in [-0.4, -0.2) is 70.4 Å². The van der Waals surface area contributed by atoms with Crippen molar-refractivity contribution in [1.29, 1.82) is 0 Å². The molecule has 0 unspecified atom stereocenters. The molecule has 0 radical (unpaired) electrons. The van der Waals surface area contributed by atoms with E-state index in [0.29, 0.717) is 37.6 Å². The van der Waals surface area contributed by atoms with Gasteiger partial charge in [0.15, 0.2) is 0 Å². The Morgan fingerprint density at radius 3 is 2.63 bits per heavy atom. The van der Waals surface area contributed by atoms with Crippen LogP contribution in [0.3, 0.4) is 0 Å². The molecule has 1 saturated heterocycles. The fourth-order valence-corrected chi connectivity index (χ4v) is 4.83. The summed E-state index contributed by atoms with van der Waals surface area (Å²) < 4.78 is 1.99. The predicted molar refractivity (Wildman–Crippen MR) is 119 cm³/mol. The number of fused-ring (bicyclic) bond motifs is 1. The summed E-state index contributed by atoms with van der Waals surface area (Å²) in [6.45, 7) is 5.88. The lowest BCUT2D eigenvalue weighted by Gasteiger charge is -2.34. The number of carbonyl (C=O) groups excluding carboxylic acids is 2. The fourth-order valence-electron chi connectivity index (χ4n) is 3.72. The number of carbonyl (C=O) groups is 2. The van der Waals surface area contributed by atoms with E-state index in [0.717, 1.165) is 35.3 Å². The van der Waals surface area contributed by atoms with Gasteiger partial charge in [-0.15, -0.1) is 11.3 Å². The van der Waals surface area contributed by atoms with E-state index >= 15 is 0 Å². The molecule has 3 aromatic heterocycles. The molecule has 0 saturated carbocycles. The molecule has 2 amide bonds. The summed E-state index contributed by atoms with van der Waals surface area (Å²) in [7, 11) is 0. The Labute approximate surface area is 180 Å². The Morgan fingerprint density at radius 1 is 1.13 bits per heavy atom. The topological polar surface area (TPSA) is 70.5 Å². The minimum absolute atomic E-state index is 0.0359. The lowest BCUT2D eigenvalue weighted by atomic mass is 10.2. The van der Waals surface area contributed by atoms with Gasteiger partial charge in [-0.1, -0.05) is 13.3 Å². The summed E-state index contributed by atoms with van der Waals surface area (Å²) in [5, 5.41) is 3.95. The normalized spacial score (nSPS) is 14.9. The third kappa shape index (κ3) is 4.39. The number of rotatable bonds is 7. The average Bonchev–Trinajstić information content (AvgIpc) is 3.41. The molecule has 0 atom stereocenters. The van der Waals surface area contributed by atoms with Crippen LogP contribution in [0.4, 0.5) is 0 Å². The predicted octanol–water partition coefficient (Wildman–Crippen LogP) is 2.76. The SMILES string of the molecule is CCCCNC(=O)CN1CCN(C(=O)c2sc3ncccc3c2-n2cccc2)CC1. The maximum Gasteiger partial charge on any atom is 0.266 e. The number of unbranched alkanes of at least 4 members (excludes halogenated alkanes) is 1. The lowest BCUT2D eigenvalue weighted by molar-refractivity contribution is -0.122. The molecule has 8 heteroatoms. The van der Waals surface area contributed by atoms with Gasteiger partial charge in [-0.25, -0.2) is 4.98 Å². The second kappa shape index (κ2) is 9.40. The van der Waals surface area contributed by atoms with Crippen molar-refractivity contribution in [2.45, 2.75) is 19.8 Å². The second-order valence-corrected chi connectivity index (χ2v) is 8.50. The van der Waals surface area contributed by atoms with Crippen LogP contribution >= 0.6 is 11.3 Å². The lowest BCUT2D eigenvalue weighted by Crippen LogP contribution is -2.51. The molecule has 4 heterocycles. The van der Waals surface area contributed by atoms with Gasteiger partial charge in [-0.05, 0) is 30.7 Å². The molecule has 3 aromatic rings. The Hall–Kier alpha value is -2.71. The molecule has 158 valence electrons. The second-order valence-electron chi connectivity index (χ2n) is 7.50. The number of thiophene rings is 1. The van der Waals surface area contributed by atoms with Crippen molar-refractivity contribution in [3.63, 3.8) is 0 Å². The van der Waals surface area contributed by atoms with Crippen LogP contribution in [-0.2, 0) is 4.79 Å². The average molecular weight is 426 g/mol. The first-order chi connectivity index (χ1) is 14.7. The van der Waals surface area contributed by atoms with E-state index in [1.165, 1.54) is 11.3 Å². The molecule has 0 aromatic carbocycles. The van der Waals surface area contributed by atoms with Gasteiger partial charge in [0.25, 0.3) is 5.91 Å². The number of pyridine rings is 1. The van der Waals surface area contributed by atoms with Crippen LogP contribution in [0.5, 0.6) is 0 Å². The zero-order valence-corrected chi connectivity index (χ0v) is 18.0. The highest BCUT2D eigenvalue weighted by molar-refractivity contribution is 7.21. The van der Waals surface area contributed by atoms with Crippen molar-refractivity contribution in [2.75, 3.05) is 39.3 Å². The van der Waals surface area contributed by atoms with Crippen molar-refractivity contribution < 1.29 is 9.59 Å². The number of amides is 2. The molecule has 0 aliphatic carbocycles. The van der Waals surface area contributed by atoms with E-state index in [1.54, 1.807) is 6.20 Å². The Morgan fingerprint density at radius 2 is 1.90 bits per heavy atom. The number of piperazine rings is 1. The van der Waals surface area contributed by atoms with Gasteiger partial charge in [0.2, 0.25) is 5.91 Å². The van der Waals surface area contributed by atoms with Gasteiger partial charge in [0, 0.05) is 56.7 Å². The van der Waals surface area contributed by atoms with E-state index in [1.807, 2.05) is 46.1 Å².